The summed E-state index contributed by atoms with van der Waals surface area (Å²) in [6, 6.07) is 1.97. The molecule has 15 heavy (non-hydrogen) atoms. The van der Waals surface area contributed by atoms with Gasteiger partial charge >= 0.3 is 0 Å². The lowest BCUT2D eigenvalue weighted by atomic mass is 10.2. The van der Waals surface area contributed by atoms with Crippen molar-refractivity contribution in [2.45, 2.75) is 18.7 Å². The van der Waals surface area contributed by atoms with E-state index in [1.54, 1.807) is 11.3 Å². The number of carbonyl (C=O) groups excluding carboxylic acids is 1. The number of likely N-dealkylation sites (tertiary alicyclic amines) is 1. The molecule has 2 heterocycles. The van der Waals surface area contributed by atoms with Crippen LogP contribution in [0.1, 0.15) is 22.2 Å². The first-order chi connectivity index (χ1) is 7.08. The largest absolute Gasteiger partial charge is 0.337 e. The van der Waals surface area contributed by atoms with Gasteiger partial charge in [-0.2, -0.15) is 0 Å². The third-order valence-electron chi connectivity index (χ3n) is 2.75. The zero-order valence-electron chi connectivity index (χ0n) is 8.87. The second-order valence-electron chi connectivity index (χ2n) is 4.19. The molecular formula is C11H14BrNOS. The fraction of sp³-hybridized carbons (Fsp3) is 0.545. The molecule has 1 saturated heterocycles. The molecular weight excluding hydrogens is 274 g/mol. The molecule has 82 valence electrons. The van der Waals surface area contributed by atoms with E-state index in [1.807, 2.05) is 23.3 Å². The van der Waals surface area contributed by atoms with Gasteiger partial charge in [0, 0.05) is 17.9 Å². The van der Waals surface area contributed by atoms with Gasteiger partial charge in [0.15, 0.2) is 0 Å². The van der Waals surface area contributed by atoms with E-state index in [4.69, 9.17) is 0 Å². The molecule has 1 aliphatic rings. The van der Waals surface area contributed by atoms with Gasteiger partial charge in [-0.15, -0.1) is 11.3 Å². The van der Waals surface area contributed by atoms with E-state index in [1.165, 1.54) is 5.56 Å². The summed E-state index contributed by atoms with van der Waals surface area (Å²) in [5.41, 5.74) is 1.17. The lowest BCUT2D eigenvalue weighted by Crippen LogP contribution is -2.28. The van der Waals surface area contributed by atoms with Crippen molar-refractivity contribution in [3.05, 3.63) is 21.9 Å². The quantitative estimate of drug-likeness (QED) is 0.728. The fourth-order valence-corrected chi connectivity index (χ4v) is 3.17. The molecule has 2 nitrogen and oxygen atoms in total. The SMILES string of the molecule is Cc1csc(C(=O)N2CC(C)C(Br)C2)c1. The van der Waals surface area contributed by atoms with E-state index < -0.39 is 0 Å². The first-order valence-corrected chi connectivity index (χ1v) is 6.86. The van der Waals surface area contributed by atoms with Crippen LogP contribution in [0.5, 0.6) is 0 Å². The topological polar surface area (TPSA) is 20.3 Å². The van der Waals surface area contributed by atoms with Crippen LogP contribution in [-0.2, 0) is 0 Å². The van der Waals surface area contributed by atoms with Crippen LogP contribution >= 0.6 is 27.3 Å². The Morgan fingerprint density at radius 3 is 2.80 bits per heavy atom. The number of halogens is 1. The monoisotopic (exact) mass is 287 g/mol. The summed E-state index contributed by atoms with van der Waals surface area (Å²) in [7, 11) is 0. The average Bonchev–Trinajstić information content (AvgIpc) is 2.74. The number of thiophene rings is 1. The van der Waals surface area contributed by atoms with Crippen molar-refractivity contribution in [1.29, 1.82) is 0 Å². The summed E-state index contributed by atoms with van der Waals surface area (Å²) in [4.78, 5) is 15.3. The van der Waals surface area contributed by atoms with Crippen molar-refractivity contribution in [3.63, 3.8) is 0 Å². The molecule has 0 bridgehead atoms. The number of nitrogens with zero attached hydrogens (tertiary/aromatic N) is 1. The van der Waals surface area contributed by atoms with E-state index in [2.05, 4.69) is 22.9 Å². The summed E-state index contributed by atoms with van der Waals surface area (Å²) < 4.78 is 0. The maximum atomic E-state index is 12.1. The van der Waals surface area contributed by atoms with Crippen LogP contribution in [0.15, 0.2) is 11.4 Å². The summed E-state index contributed by atoms with van der Waals surface area (Å²) in [5, 5.41) is 2.03. The van der Waals surface area contributed by atoms with E-state index in [0.717, 1.165) is 18.0 Å². The molecule has 1 aliphatic heterocycles. The number of hydrogen-bond acceptors (Lipinski definition) is 2. The Morgan fingerprint density at radius 2 is 2.33 bits per heavy atom. The molecule has 2 unspecified atom stereocenters. The highest BCUT2D eigenvalue weighted by atomic mass is 79.9. The van der Waals surface area contributed by atoms with Crippen molar-refractivity contribution < 1.29 is 4.79 Å². The van der Waals surface area contributed by atoms with E-state index >= 15 is 0 Å². The smallest absolute Gasteiger partial charge is 0.263 e. The Balaban J connectivity index is 2.10. The standard InChI is InChI=1S/C11H14BrNOS/c1-7-3-10(15-6-7)11(14)13-4-8(2)9(12)5-13/h3,6,8-9H,4-5H2,1-2H3. The van der Waals surface area contributed by atoms with Crippen LogP contribution in [-0.4, -0.2) is 28.7 Å². The Labute approximate surface area is 102 Å². The van der Waals surface area contributed by atoms with Crippen molar-refractivity contribution in [2.24, 2.45) is 5.92 Å². The van der Waals surface area contributed by atoms with Crippen molar-refractivity contribution in [2.75, 3.05) is 13.1 Å². The first-order valence-electron chi connectivity index (χ1n) is 5.06. The predicted molar refractivity (Wildman–Crippen MR) is 66.8 cm³/mol. The van der Waals surface area contributed by atoms with Gasteiger partial charge in [-0.3, -0.25) is 4.79 Å². The number of alkyl halides is 1. The van der Waals surface area contributed by atoms with Gasteiger partial charge in [-0.25, -0.2) is 0 Å². The molecule has 1 amide bonds. The Hall–Kier alpha value is -0.350. The van der Waals surface area contributed by atoms with Crippen molar-refractivity contribution in [3.8, 4) is 0 Å². The lowest BCUT2D eigenvalue weighted by molar-refractivity contribution is 0.0793. The lowest BCUT2D eigenvalue weighted by Gasteiger charge is -2.14. The Bertz CT molecular complexity index is 366. The predicted octanol–water partition coefficient (Wildman–Crippen LogP) is 2.91. The second-order valence-corrected chi connectivity index (χ2v) is 6.28. The van der Waals surface area contributed by atoms with Crippen molar-refractivity contribution >= 4 is 33.2 Å². The van der Waals surface area contributed by atoms with Crippen LogP contribution in [0.4, 0.5) is 0 Å². The molecule has 0 saturated carbocycles. The number of rotatable bonds is 1. The number of hydrogen-bond donors (Lipinski definition) is 0. The Kier molecular flexibility index (Phi) is 3.16. The van der Waals surface area contributed by atoms with Gasteiger partial charge in [0.1, 0.15) is 0 Å². The molecule has 0 spiro atoms. The van der Waals surface area contributed by atoms with Crippen LogP contribution in [0.2, 0.25) is 0 Å². The molecule has 1 aromatic heterocycles. The van der Waals surface area contributed by atoms with Gasteiger partial charge in [0.25, 0.3) is 5.91 Å². The van der Waals surface area contributed by atoms with Crippen LogP contribution in [0, 0.1) is 12.8 Å². The zero-order chi connectivity index (χ0) is 11.0. The highest BCUT2D eigenvalue weighted by Crippen LogP contribution is 2.26. The van der Waals surface area contributed by atoms with Gasteiger partial charge < -0.3 is 4.90 Å². The minimum absolute atomic E-state index is 0.182. The molecule has 0 aromatic carbocycles. The number of carbonyl (C=O) groups is 1. The molecule has 4 heteroatoms. The maximum absolute atomic E-state index is 12.1. The van der Waals surface area contributed by atoms with E-state index in [0.29, 0.717) is 10.7 Å². The van der Waals surface area contributed by atoms with E-state index in [-0.39, 0.29) is 5.91 Å². The van der Waals surface area contributed by atoms with Crippen LogP contribution in [0.3, 0.4) is 0 Å². The van der Waals surface area contributed by atoms with Crippen molar-refractivity contribution in [1.82, 2.24) is 4.90 Å². The van der Waals surface area contributed by atoms with Gasteiger partial charge in [0.2, 0.25) is 0 Å². The van der Waals surface area contributed by atoms with Gasteiger partial charge in [0.05, 0.1) is 4.88 Å². The third kappa shape index (κ3) is 2.26. The summed E-state index contributed by atoms with van der Waals surface area (Å²) in [5.74, 6) is 0.733. The molecule has 0 radical (unpaired) electrons. The zero-order valence-corrected chi connectivity index (χ0v) is 11.3. The third-order valence-corrected chi connectivity index (χ3v) is 4.98. The number of aryl methyl sites for hydroxylation is 1. The van der Waals surface area contributed by atoms with Crippen LogP contribution < -0.4 is 0 Å². The summed E-state index contributed by atoms with van der Waals surface area (Å²) in [6.45, 7) is 5.89. The summed E-state index contributed by atoms with van der Waals surface area (Å²) >= 11 is 5.14. The first kappa shape index (κ1) is 11.1. The van der Waals surface area contributed by atoms with E-state index in [9.17, 15) is 4.79 Å². The number of amides is 1. The molecule has 2 rings (SSSR count). The van der Waals surface area contributed by atoms with Crippen LogP contribution in [0.25, 0.3) is 0 Å². The molecule has 0 N–H and O–H groups in total. The fourth-order valence-electron chi connectivity index (χ4n) is 1.79. The maximum Gasteiger partial charge on any atom is 0.263 e. The Morgan fingerprint density at radius 1 is 1.60 bits per heavy atom. The molecule has 1 fully saturated rings. The minimum Gasteiger partial charge on any atom is -0.337 e. The summed E-state index contributed by atoms with van der Waals surface area (Å²) in [6.07, 6.45) is 0. The molecule has 1 aromatic rings. The molecule has 2 atom stereocenters. The average molecular weight is 288 g/mol. The molecule has 0 aliphatic carbocycles. The van der Waals surface area contributed by atoms with Gasteiger partial charge in [-0.1, -0.05) is 22.9 Å². The van der Waals surface area contributed by atoms with Gasteiger partial charge in [-0.05, 0) is 29.9 Å². The minimum atomic E-state index is 0.182. The highest BCUT2D eigenvalue weighted by Gasteiger charge is 2.31. The second kappa shape index (κ2) is 4.26. The normalized spacial score (nSPS) is 25.9. The highest BCUT2D eigenvalue weighted by molar-refractivity contribution is 9.09.